The molecule has 0 aliphatic rings. The van der Waals surface area contributed by atoms with Crippen LogP contribution in [-0.2, 0) is 4.79 Å². The maximum atomic E-state index is 12.1. The summed E-state index contributed by atoms with van der Waals surface area (Å²) in [6.07, 6.45) is 0.0937. The number of nitrogens with one attached hydrogen (secondary N) is 2. The van der Waals surface area contributed by atoms with Crippen molar-refractivity contribution in [3.63, 3.8) is 0 Å². The van der Waals surface area contributed by atoms with E-state index in [0.29, 0.717) is 16.1 Å². The van der Waals surface area contributed by atoms with Crippen molar-refractivity contribution in [2.75, 3.05) is 11.9 Å². The van der Waals surface area contributed by atoms with Gasteiger partial charge in [0.25, 0.3) is 11.8 Å². The molecule has 2 aromatic rings. The van der Waals surface area contributed by atoms with Crippen molar-refractivity contribution in [2.24, 2.45) is 5.73 Å². The number of halogens is 1. The summed E-state index contributed by atoms with van der Waals surface area (Å²) in [7, 11) is 0. The van der Waals surface area contributed by atoms with Gasteiger partial charge in [0.2, 0.25) is 5.91 Å². The zero-order valence-electron chi connectivity index (χ0n) is 13.8. The predicted molar refractivity (Wildman–Crippen MR) is 102 cm³/mol. The van der Waals surface area contributed by atoms with Crippen molar-refractivity contribution in [2.45, 2.75) is 20.3 Å². The van der Waals surface area contributed by atoms with Crippen LogP contribution in [0.5, 0.6) is 0 Å². The number of nitrogens with two attached hydrogens (primary N) is 1. The smallest absolute Gasteiger partial charge is 0.251 e. The van der Waals surface area contributed by atoms with E-state index < -0.39 is 5.91 Å². The van der Waals surface area contributed by atoms with Gasteiger partial charge in [-0.2, -0.15) is 0 Å². The van der Waals surface area contributed by atoms with Gasteiger partial charge < -0.3 is 16.4 Å². The summed E-state index contributed by atoms with van der Waals surface area (Å²) in [5.41, 5.74) is 7.01. The third-order valence-electron chi connectivity index (χ3n) is 3.63. The Morgan fingerprint density at radius 3 is 2.40 bits per heavy atom. The lowest BCUT2D eigenvalue weighted by atomic mass is 10.1. The lowest BCUT2D eigenvalue weighted by molar-refractivity contribution is -0.116. The van der Waals surface area contributed by atoms with Crippen molar-refractivity contribution in [1.29, 1.82) is 0 Å². The molecule has 6 nitrogen and oxygen atoms in total. The van der Waals surface area contributed by atoms with Gasteiger partial charge in [-0.3, -0.25) is 14.4 Å². The number of benzene rings is 1. The van der Waals surface area contributed by atoms with E-state index in [2.05, 4.69) is 26.6 Å². The van der Waals surface area contributed by atoms with Crippen molar-refractivity contribution in [3.8, 4) is 0 Å². The molecular formula is C17H18BrN3O3S. The summed E-state index contributed by atoms with van der Waals surface area (Å²) in [6.45, 7) is 3.84. The second kappa shape index (κ2) is 8.26. The van der Waals surface area contributed by atoms with Crippen molar-refractivity contribution >= 4 is 50.0 Å². The van der Waals surface area contributed by atoms with Gasteiger partial charge in [0.1, 0.15) is 5.00 Å². The highest BCUT2D eigenvalue weighted by atomic mass is 79.9. The molecule has 1 aromatic heterocycles. The predicted octanol–water partition coefficient (Wildman–Crippen LogP) is 2.98. The van der Waals surface area contributed by atoms with E-state index in [4.69, 9.17) is 5.73 Å². The number of rotatable bonds is 6. The molecule has 2 rings (SSSR count). The first-order valence-corrected chi connectivity index (χ1v) is 9.14. The number of carbonyl (C=O) groups is 3. The number of thiophene rings is 1. The van der Waals surface area contributed by atoms with Gasteiger partial charge >= 0.3 is 0 Å². The Labute approximate surface area is 157 Å². The number of hydrogen-bond acceptors (Lipinski definition) is 4. The molecule has 0 spiro atoms. The van der Waals surface area contributed by atoms with E-state index in [1.54, 1.807) is 31.2 Å². The normalized spacial score (nSPS) is 10.4. The summed E-state index contributed by atoms with van der Waals surface area (Å²) in [6, 6.07) is 6.93. The SMILES string of the molecule is Cc1sc(NC(=O)CCNC(=O)c2ccc(Br)cc2)c(C(N)=O)c1C. The van der Waals surface area contributed by atoms with Crippen LogP contribution >= 0.6 is 27.3 Å². The number of hydrogen-bond donors (Lipinski definition) is 3. The van der Waals surface area contributed by atoms with Gasteiger partial charge in [0.15, 0.2) is 0 Å². The lowest BCUT2D eigenvalue weighted by Crippen LogP contribution is -2.27. The molecule has 8 heteroatoms. The fourth-order valence-electron chi connectivity index (χ4n) is 2.19. The Bertz CT molecular complexity index is 815. The number of primary amides is 1. The molecule has 1 heterocycles. The minimum absolute atomic E-state index is 0.0937. The van der Waals surface area contributed by atoms with E-state index in [9.17, 15) is 14.4 Å². The minimum atomic E-state index is -0.569. The Hall–Kier alpha value is -2.19. The van der Waals surface area contributed by atoms with E-state index in [1.165, 1.54) is 11.3 Å². The molecule has 25 heavy (non-hydrogen) atoms. The molecule has 0 atom stereocenters. The van der Waals surface area contributed by atoms with Crippen LogP contribution in [0.25, 0.3) is 0 Å². The molecule has 132 valence electrons. The second-order valence-corrected chi connectivity index (χ2v) is 7.55. The standard InChI is InChI=1S/C17H18BrN3O3S/c1-9-10(2)25-17(14(9)15(19)23)21-13(22)7-8-20-16(24)11-3-5-12(18)6-4-11/h3-6H,7-8H2,1-2H3,(H2,19,23)(H,20,24)(H,21,22). The van der Waals surface area contributed by atoms with Gasteiger partial charge in [-0.1, -0.05) is 15.9 Å². The monoisotopic (exact) mass is 423 g/mol. The minimum Gasteiger partial charge on any atom is -0.365 e. The summed E-state index contributed by atoms with van der Waals surface area (Å²) in [5, 5.41) is 5.83. The van der Waals surface area contributed by atoms with Crippen molar-refractivity contribution in [3.05, 3.63) is 50.3 Å². The van der Waals surface area contributed by atoms with Crippen LogP contribution in [0.1, 0.15) is 37.6 Å². The largest absolute Gasteiger partial charge is 0.365 e. The molecule has 0 bridgehead atoms. The van der Waals surface area contributed by atoms with Crippen LogP contribution in [0.15, 0.2) is 28.7 Å². The van der Waals surface area contributed by atoms with E-state index in [1.807, 2.05) is 6.92 Å². The Morgan fingerprint density at radius 2 is 1.80 bits per heavy atom. The maximum Gasteiger partial charge on any atom is 0.251 e. The van der Waals surface area contributed by atoms with Crippen LogP contribution in [0.3, 0.4) is 0 Å². The fraction of sp³-hybridized carbons (Fsp3) is 0.235. The highest BCUT2D eigenvalue weighted by Crippen LogP contribution is 2.32. The molecule has 0 fully saturated rings. The van der Waals surface area contributed by atoms with Crippen molar-refractivity contribution < 1.29 is 14.4 Å². The first-order chi connectivity index (χ1) is 11.8. The molecule has 0 saturated heterocycles. The van der Waals surface area contributed by atoms with Crippen LogP contribution in [0.2, 0.25) is 0 Å². The number of carbonyl (C=O) groups excluding carboxylic acids is 3. The summed E-state index contributed by atoms with van der Waals surface area (Å²) >= 11 is 4.61. The maximum absolute atomic E-state index is 12.1. The summed E-state index contributed by atoms with van der Waals surface area (Å²) < 4.78 is 0.884. The molecule has 0 aliphatic heterocycles. The highest BCUT2D eigenvalue weighted by Gasteiger charge is 2.18. The lowest BCUT2D eigenvalue weighted by Gasteiger charge is -2.07. The zero-order chi connectivity index (χ0) is 18.6. The van der Waals surface area contributed by atoms with Crippen LogP contribution < -0.4 is 16.4 Å². The summed E-state index contributed by atoms with van der Waals surface area (Å²) in [5.74, 6) is -1.11. The first-order valence-electron chi connectivity index (χ1n) is 7.53. The molecule has 3 amide bonds. The Kier molecular flexibility index (Phi) is 6.33. The Morgan fingerprint density at radius 1 is 1.16 bits per heavy atom. The van der Waals surface area contributed by atoms with E-state index >= 15 is 0 Å². The van der Waals surface area contributed by atoms with E-state index in [0.717, 1.165) is 14.9 Å². The molecule has 0 radical (unpaired) electrons. The number of aryl methyl sites for hydroxylation is 1. The number of anilines is 1. The Balaban J connectivity index is 1.89. The van der Waals surface area contributed by atoms with Gasteiger partial charge in [0.05, 0.1) is 5.56 Å². The molecule has 4 N–H and O–H groups in total. The molecule has 0 saturated carbocycles. The van der Waals surface area contributed by atoms with Gasteiger partial charge in [-0.05, 0) is 43.7 Å². The van der Waals surface area contributed by atoms with Crippen molar-refractivity contribution in [1.82, 2.24) is 5.32 Å². The van der Waals surface area contributed by atoms with Gasteiger partial charge in [-0.25, -0.2) is 0 Å². The molecule has 0 unspecified atom stereocenters. The average molecular weight is 424 g/mol. The first kappa shape index (κ1) is 19.1. The summed E-state index contributed by atoms with van der Waals surface area (Å²) in [4.78, 5) is 36.5. The topological polar surface area (TPSA) is 101 Å². The van der Waals surface area contributed by atoms with Crippen LogP contribution in [0, 0.1) is 13.8 Å². The zero-order valence-corrected chi connectivity index (χ0v) is 16.2. The second-order valence-electron chi connectivity index (χ2n) is 5.41. The molecule has 0 aliphatic carbocycles. The van der Waals surface area contributed by atoms with Crippen LogP contribution in [0.4, 0.5) is 5.00 Å². The van der Waals surface area contributed by atoms with Gasteiger partial charge in [0, 0.05) is 27.9 Å². The quantitative estimate of drug-likeness (QED) is 0.665. The fourth-order valence-corrected chi connectivity index (χ4v) is 3.54. The third kappa shape index (κ3) is 4.90. The third-order valence-corrected chi connectivity index (χ3v) is 5.28. The average Bonchev–Trinajstić information content (AvgIpc) is 2.82. The number of amides is 3. The van der Waals surface area contributed by atoms with E-state index in [-0.39, 0.29) is 24.8 Å². The van der Waals surface area contributed by atoms with Crippen LogP contribution in [-0.4, -0.2) is 24.3 Å². The molecular weight excluding hydrogens is 406 g/mol. The molecule has 1 aromatic carbocycles. The highest BCUT2D eigenvalue weighted by molar-refractivity contribution is 9.10. The van der Waals surface area contributed by atoms with Gasteiger partial charge in [-0.15, -0.1) is 11.3 Å².